The Morgan fingerprint density at radius 3 is 2.53 bits per heavy atom. The van der Waals surface area contributed by atoms with Gasteiger partial charge >= 0.3 is 0 Å². The fraction of sp³-hybridized carbons (Fsp3) is 0.250. The molecule has 0 spiro atoms. The Kier molecular flexibility index (Phi) is 5.19. The summed E-state index contributed by atoms with van der Waals surface area (Å²) in [5, 5.41) is 0.667. The molecule has 12 heteroatoms. The van der Waals surface area contributed by atoms with Crippen LogP contribution in [0.25, 0.3) is 32.3 Å². The number of ether oxygens (including phenoxy) is 1. The zero-order valence-corrected chi connectivity index (χ0v) is 18.7. The van der Waals surface area contributed by atoms with Crippen LogP contribution in [0.15, 0.2) is 41.6 Å². The maximum absolute atomic E-state index is 12.0. The minimum atomic E-state index is -3.33. The second-order valence-corrected chi connectivity index (χ2v) is 10.3. The number of nitrogens with zero attached hydrogens (tertiary/aromatic N) is 6. The van der Waals surface area contributed by atoms with Gasteiger partial charge in [-0.2, -0.15) is 0 Å². The summed E-state index contributed by atoms with van der Waals surface area (Å²) in [6, 6.07) is 6.75. The molecular weight excluding hydrogens is 450 g/mol. The van der Waals surface area contributed by atoms with Crippen LogP contribution in [0.4, 0.5) is 11.8 Å². The number of sulfone groups is 1. The van der Waals surface area contributed by atoms with E-state index in [2.05, 4.69) is 14.9 Å². The lowest BCUT2D eigenvalue weighted by Crippen LogP contribution is -2.37. The molecule has 4 heterocycles. The monoisotopic (exact) mass is 469 g/mol. The van der Waals surface area contributed by atoms with Crippen LogP contribution in [0.3, 0.4) is 0 Å². The molecule has 32 heavy (non-hydrogen) atoms. The number of hydrogen-bond donors (Lipinski definition) is 1. The molecule has 0 amide bonds. The topological polar surface area (TPSA) is 137 Å². The molecule has 0 bridgehead atoms. The molecule has 0 aliphatic carbocycles. The van der Waals surface area contributed by atoms with Crippen molar-refractivity contribution >= 4 is 43.3 Å². The van der Waals surface area contributed by atoms with E-state index in [4.69, 9.17) is 25.4 Å². The van der Waals surface area contributed by atoms with Crippen molar-refractivity contribution in [2.75, 3.05) is 43.2 Å². The van der Waals surface area contributed by atoms with E-state index in [9.17, 15) is 8.42 Å². The van der Waals surface area contributed by atoms with Crippen molar-refractivity contribution in [2.24, 2.45) is 0 Å². The van der Waals surface area contributed by atoms with Crippen LogP contribution < -0.4 is 10.6 Å². The number of aromatic nitrogens is 5. The Morgan fingerprint density at radius 1 is 1.06 bits per heavy atom. The molecule has 0 radical (unpaired) electrons. The molecule has 3 aromatic heterocycles. The van der Waals surface area contributed by atoms with Crippen molar-refractivity contribution in [2.45, 2.75) is 4.90 Å². The Bertz CT molecular complexity index is 1400. The van der Waals surface area contributed by atoms with Crippen molar-refractivity contribution in [3.8, 4) is 22.0 Å². The van der Waals surface area contributed by atoms with Crippen LogP contribution in [0.5, 0.6) is 0 Å². The van der Waals surface area contributed by atoms with Gasteiger partial charge in [-0.1, -0.05) is 23.5 Å². The quantitative estimate of drug-likeness (QED) is 0.472. The van der Waals surface area contributed by atoms with Crippen LogP contribution in [-0.4, -0.2) is 65.9 Å². The fourth-order valence-electron chi connectivity index (χ4n) is 3.37. The van der Waals surface area contributed by atoms with E-state index in [0.717, 1.165) is 0 Å². The zero-order valence-electron chi connectivity index (χ0n) is 17.1. The third kappa shape index (κ3) is 3.99. The third-order valence-corrected chi connectivity index (χ3v) is 7.10. The van der Waals surface area contributed by atoms with Crippen LogP contribution in [-0.2, 0) is 14.6 Å². The Morgan fingerprint density at radius 2 is 1.81 bits per heavy atom. The SMILES string of the molecule is CS(=O)(=O)c1cccc(-c2nc3c(N4CCOCC4)nc(-c4cnc(N)nc4)nc3s2)c1. The highest BCUT2D eigenvalue weighted by Gasteiger charge is 2.22. The number of fused-ring (bicyclic) bond motifs is 1. The van der Waals surface area contributed by atoms with Crippen LogP contribution in [0, 0.1) is 0 Å². The van der Waals surface area contributed by atoms with Gasteiger partial charge in [-0.25, -0.2) is 33.3 Å². The van der Waals surface area contributed by atoms with E-state index in [1.165, 1.54) is 17.6 Å². The Labute approximate surface area is 188 Å². The lowest BCUT2D eigenvalue weighted by atomic mass is 10.2. The number of benzene rings is 1. The standard InChI is InChI=1S/C20H19N7O3S2/c1-32(28,29)14-4-2-3-12(9-14)18-24-15-17(27-5-7-30-8-6-27)25-16(26-19(15)31-18)13-10-22-20(21)23-11-13/h2-4,9-11H,5-8H2,1H3,(H2,21,22,23). The molecule has 1 saturated heterocycles. The molecule has 0 atom stereocenters. The molecule has 4 aromatic rings. The lowest BCUT2D eigenvalue weighted by molar-refractivity contribution is 0.122. The lowest BCUT2D eigenvalue weighted by Gasteiger charge is -2.28. The minimum absolute atomic E-state index is 0.175. The molecule has 1 aromatic carbocycles. The van der Waals surface area contributed by atoms with E-state index in [1.807, 2.05) is 6.07 Å². The van der Waals surface area contributed by atoms with Gasteiger partial charge in [-0.05, 0) is 12.1 Å². The molecule has 1 aliphatic rings. The average molecular weight is 470 g/mol. The van der Waals surface area contributed by atoms with E-state index >= 15 is 0 Å². The van der Waals surface area contributed by atoms with Crippen molar-refractivity contribution in [1.29, 1.82) is 0 Å². The van der Waals surface area contributed by atoms with Crippen molar-refractivity contribution < 1.29 is 13.2 Å². The predicted octanol–water partition coefficient (Wildman–Crippen LogP) is 2.03. The molecule has 5 rings (SSSR count). The first-order chi connectivity index (χ1) is 15.4. The fourth-order valence-corrected chi connectivity index (χ4v) is 4.97. The number of rotatable bonds is 4. The summed E-state index contributed by atoms with van der Waals surface area (Å²) in [6.45, 7) is 2.55. The predicted molar refractivity (Wildman–Crippen MR) is 122 cm³/mol. The molecule has 1 aliphatic heterocycles. The molecule has 1 fully saturated rings. The van der Waals surface area contributed by atoms with Crippen LogP contribution >= 0.6 is 11.3 Å². The average Bonchev–Trinajstić information content (AvgIpc) is 3.23. The number of hydrogen-bond acceptors (Lipinski definition) is 11. The van der Waals surface area contributed by atoms with Gasteiger partial charge in [0.25, 0.3) is 0 Å². The normalized spacial score (nSPS) is 14.7. The maximum Gasteiger partial charge on any atom is 0.219 e. The Balaban J connectivity index is 1.67. The molecule has 0 unspecified atom stereocenters. The van der Waals surface area contributed by atoms with Gasteiger partial charge in [-0.3, -0.25) is 0 Å². The highest BCUT2D eigenvalue weighted by atomic mass is 32.2. The highest BCUT2D eigenvalue weighted by Crippen LogP contribution is 2.35. The van der Waals surface area contributed by atoms with E-state index < -0.39 is 9.84 Å². The molecule has 0 saturated carbocycles. The first-order valence-electron chi connectivity index (χ1n) is 9.78. The van der Waals surface area contributed by atoms with Gasteiger partial charge in [0.05, 0.1) is 23.7 Å². The van der Waals surface area contributed by atoms with Gasteiger partial charge in [0.15, 0.2) is 21.5 Å². The van der Waals surface area contributed by atoms with E-state index in [0.29, 0.717) is 64.4 Å². The number of morpholine rings is 1. The first kappa shape index (κ1) is 20.7. The summed E-state index contributed by atoms with van der Waals surface area (Å²) in [5.41, 5.74) is 7.63. The molecule has 10 nitrogen and oxygen atoms in total. The summed E-state index contributed by atoms with van der Waals surface area (Å²) < 4.78 is 29.5. The molecule has 2 N–H and O–H groups in total. The van der Waals surface area contributed by atoms with Gasteiger partial charge < -0.3 is 15.4 Å². The Hall–Kier alpha value is -3.22. The second kappa shape index (κ2) is 8.04. The number of thiazole rings is 1. The van der Waals surface area contributed by atoms with Gasteiger partial charge in [0.2, 0.25) is 5.95 Å². The summed E-state index contributed by atoms with van der Waals surface area (Å²) in [5.74, 6) is 1.35. The van der Waals surface area contributed by atoms with E-state index in [-0.39, 0.29) is 10.8 Å². The maximum atomic E-state index is 12.0. The summed E-state index contributed by atoms with van der Waals surface area (Å²) >= 11 is 1.38. The minimum Gasteiger partial charge on any atom is -0.378 e. The van der Waals surface area contributed by atoms with Crippen molar-refractivity contribution in [3.63, 3.8) is 0 Å². The highest BCUT2D eigenvalue weighted by molar-refractivity contribution is 7.90. The first-order valence-corrected chi connectivity index (χ1v) is 12.5. The van der Waals surface area contributed by atoms with Gasteiger partial charge in [-0.15, -0.1) is 0 Å². The van der Waals surface area contributed by atoms with Crippen molar-refractivity contribution in [1.82, 2.24) is 24.9 Å². The van der Waals surface area contributed by atoms with E-state index in [1.54, 1.807) is 30.6 Å². The van der Waals surface area contributed by atoms with Crippen LogP contribution in [0.2, 0.25) is 0 Å². The number of anilines is 2. The summed E-state index contributed by atoms with van der Waals surface area (Å²) in [6.07, 6.45) is 4.36. The summed E-state index contributed by atoms with van der Waals surface area (Å²) in [7, 11) is -3.33. The third-order valence-electron chi connectivity index (χ3n) is 4.99. The van der Waals surface area contributed by atoms with Gasteiger partial charge in [0, 0.05) is 37.3 Å². The van der Waals surface area contributed by atoms with Crippen LogP contribution in [0.1, 0.15) is 0 Å². The number of nitrogens with two attached hydrogens (primary N) is 1. The zero-order chi connectivity index (χ0) is 22.3. The second-order valence-electron chi connectivity index (χ2n) is 7.27. The molecule has 164 valence electrons. The summed E-state index contributed by atoms with van der Waals surface area (Å²) in [4.78, 5) is 25.4. The molecular formula is C20H19N7O3S2. The number of nitrogen functional groups attached to an aromatic ring is 1. The smallest absolute Gasteiger partial charge is 0.219 e. The largest absolute Gasteiger partial charge is 0.378 e. The van der Waals surface area contributed by atoms with Crippen molar-refractivity contribution in [3.05, 3.63) is 36.7 Å². The van der Waals surface area contributed by atoms with Gasteiger partial charge in [0.1, 0.15) is 15.4 Å².